The van der Waals surface area contributed by atoms with Crippen LogP contribution in [0, 0.1) is 12.3 Å². The summed E-state index contributed by atoms with van der Waals surface area (Å²) in [6.45, 7) is 1.85. The summed E-state index contributed by atoms with van der Waals surface area (Å²) in [4.78, 5) is 33.7. The third-order valence-corrected chi connectivity index (χ3v) is 6.08. The maximum Gasteiger partial charge on any atom is 0.276 e. The van der Waals surface area contributed by atoms with Gasteiger partial charge in [0.25, 0.3) is 11.5 Å². The number of carbonyl (C=O) groups excluding carboxylic acids is 1. The number of nitrogen functional groups attached to an aromatic ring is 1. The predicted octanol–water partition coefficient (Wildman–Crippen LogP) is 1.63. The molecule has 1 aliphatic heterocycles. The van der Waals surface area contributed by atoms with Gasteiger partial charge in [-0.15, -0.1) is 0 Å². The minimum atomic E-state index is -0.572. The first-order chi connectivity index (χ1) is 12.4. The highest BCUT2D eigenvalue weighted by Gasteiger charge is 2.62. The fourth-order valence-corrected chi connectivity index (χ4v) is 4.89. The fraction of sp³-hybridized carbons (Fsp3) is 0.444. The topological polar surface area (TPSA) is 115 Å². The lowest BCUT2D eigenvalue weighted by Gasteiger charge is -2.59. The molecule has 1 amide bonds. The highest BCUT2D eigenvalue weighted by Crippen LogP contribution is 2.63. The summed E-state index contributed by atoms with van der Waals surface area (Å²) in [5, 5.41) is 6.12. The Kier molecular flexibility index (Phi) is 2.86. The van der Waals surface area contributed by atoms with E-state index in [4.69, 9.17) is 5.73 Å². The zero-order valence-corrected chi connectivity index (χ0v) is 14.5. The number of hydrogen-bond acceptors (Lipinski definition) is 6. The first-order valence-corrected chi connectivity index (χ1v) is 8.86. The SMILES string of the molecule is Cc1cc(Nc2cc(N)ncn2)c(=O)n2c1C(=O)NC21CC2(CCC2)C1. The van der Waals surface area contributed by atoms with E-state index >= 15 is 0 Å². The maximum absolute atomic E-state index is 13.2. The van der Waals surface area contributed by atoms with Crippen molar-refractivity contribution in [3.8, 4) is 0 Å². The molecule has 2 aliphatic carbocycles. The first-order valence-electron chi connectivity index (χ1n) is 8.86. The number of fused-ring (bicyclic) bond motifs is 2. The van der Waals surface area contributed by atoms with Crippen molar-refractivity contribution in [1.29, 1.82) is 0 Å². The molecule has 4 N–H and O–H groups in total. The number of amides is 1. The lowest BCUT2D eigenvalue weighted by Crippen LogP contribution is -2.63. The molecular weight excluding hydrogens is 332 g/mol. The Bertz CT molecular complexity index is 999. The van der Waals surface area contributed by atoms with Crippen molar-refractivity contribution in [1.82, 2.24) is 19.9 Å². The van der Waals surface area contributed by atoms with Crippen LogP contribution in [0.4, 0.5) is 17.3 Å². The van der Waals surface area contributed by atoms with E-state index in [1.54, 1.807) is 16.7 Å². The third-order valence-electron chi connectivity index (χ3n) is 6.08. The van der Waals surface area contributed by atoms with Gasteiger partial charge in [-0.05, 0) is 49.7 Å². The largest absolute Gasteiger partial charge is 0.384 e. The summed E-state index contributed by atoms with van der Waals surface area (Å²) in [6, 6.07) is 3.27. The normalized spacial score (nSPS) is 21.0. The van der Waals surface area contributed by atoms with Crippen molar-refractivity contribution >= 4 is 23.2 Å². The van der Waals surface area contributed by atoms with Crippen molar-refractivity contribution in [2.24, 2.45) is 5.41 Å². The van der Waals surface area contributed by atoms with Gasteiger partial charge in [-0.3, -0.25) is 14.2 Å². The van der Waals surface area contributed by atoms with Crippen LogP contribution in [0.1, 0.15) is 48.2 Å². The van der Waals surface area contributed by atoms with Gasteiger partial charge >= 0.3 is 0 Å². The quantitative estimate of drug-likeness (QED) is 0.757. The van der Waals surface area contributed by atoms with Crippen LogP contribution in [-0.2, 0) is 5.66 Å². The number of nitrogens with one attached hydrogen (secondary N) is 2. The van der Waals surface area contributed by atoms with Gasteiger partial charge in [-0.25, -0.2) is 9.97 Å². The zero-order chi connectivity index (χ0) is 18.1. The van der Waals surface area contributed by atoms with Crippen molar-refractivity contribution in [3.05, 3.63) is 40.1 Å². The number of hydrogen-bond donors (Lipinski definition) is 3. The van der Waals surface area contributed by atoms with Gasteiger partial charge in [0.15, 0.2) is 0 Å². The Hall–Kier alpha value is -2.90. The molecule has 8 heteroatoms. The molecule has 2 fully saturated rings. The molecule has 0 aromatic carbocycles. The molecule has 3 heterocycles. The Balaban J connectivity index is 1.59. The Labute approximate surface area is 149 Å². The third kappa shape index (κ3) is 1.95. The van der Waals surface area contributed by atoms with E-state index in [1.807, 2.05) is 6.92 Å². The number of pyridine rings is 1. The molecule has 134 valence electrons. The molecule has 2 saturated carbocycles. The van der Waals surface area contributed by atoms with E-state index in [1.165, 1.54) is 25.6 Å². The van der Waals surface area contributed by atoms with Crippen LogP contribution < -0.4 is 21.9 Å². The van der Waals surface area contributed by atoms with Gasteiger partial charge in [0, 0.05) is 6.07 Å². The molecule has 0 saturated heterocycles. The van der Waals surface area contributed by atoms with Gasteiger partial charge in [0.2, 0.25) is 0 Å². The minimum absolute atomic E-state index is 0.161. The Morgan fingerprint density at radius 2 is 2.00 bits per heavy atom. The Morgan fingerprint density at radius 1 is 1.23 bits per heavy atom. The van der Waals surface area contributed by atoms with Gasteiger partial charge in [-0.1, -0.05) is 6.42 Å². The molecule has 26 heavy (non-hydrogen) atoms. The highest BCUT2D eigenvalue weighted by molar-refractivity contribution is 5.97. The predicted molar refractivity (Wildman–Crippen MR) is 96.1 cm³/mol. The summed E-state index contributed by atoms with van der Waals surface area (Å²) < 4.78 is 1.67. The smallest absolute Gasteiger partial charge is 0.276 e. The number of aryl methyl sites for hydroxylation is 1. The van der Waals surface area contributed by atoms with Crippen LogP contribution in [-0.4, -0.2) is 20.4 Å². The molecule has 0 bridgehead atoms. The molecule has 2 spiro atoms. The summed E-state index contributed by atoms with van der Waals surface area (Å²) in [5.41, 5.74) is 6.83. The summed E-state index contributed by atoms with van der Waals surface area (Å²) >= 11 is 0. The lowest BCUT2D eigenvalue weighted by molar-refractivity contribution is -0.0936. The van der Waals surface area contributed by atoms with Crippen LogP contribution in [0.2, 0.25) is 0 Å². The summed E-state index contributed by atoms with van der Waals surface area (Å²) in [7, 11) is 0. The van der Waals surface area contributed by atoms with Crippen molar-refractivity contribution in [2.75, 3.05) is 11.1 Å². The van der Waals surface area contributed by atoms with E-state index < -0.39 is 5.66 Å². The van der Waals surface area contributed by atoms with Gasteiger partial charge < -0.3 is 16.4 Å². The molecule has 8 nitrogen and oxygen atoms in total. The lowest BCUT2D eigenvalue weighted by atomic mass is 9.51. The van der Waals surface area contributed by atoms with Crippen LogP contribution in [0.3, 0.4) is 0 Å². The number of nitrogens with zero attached hydrogens (tertiary/aromatic N) is 3. The van der Waals surface area contributed by atoms with Crippen molar-refractivity contribution in [3.63, 3.8) is 0 Å². The number of aromatic nitrogens is 3. The monoisotopic (exact) mass is 352 g/mol. The van der Waals surface area contributed by atoms with Crippen molar-refractivity contribution in [2.45, 2.75) is 44.7 Å². The van der Waals surface area contributed by atoms with E-state index in [0.717, 1.165) is 18.4 Å². The van der Waals surface area contributed by atoms with E-state index in [-0.39, 0.29) is 11.5 Å². The molecule has 3 aliphatic rings. The first kappa shape index (κ1) is 15.4. The molecule has 5 rings (SSSR count). The van der Waals surface area contributed by atoms with Gasteiger partial charge in [0.1, 0.15) is 35.0 Å². The second-order valence-electron chi connectivity index (χ2n) is 7.88. The standard InChI is InChI=1S/C18H20N6O2/c1-10-5-11(22-13-6-12(19)20-9-21-13)16(26)24-14(10)15(25)23-18(24)7-17(8-18)3-2-4-17/h5-6,9H,2-4,7-8H2,1H3,(H,23,25)(H3,19,20,21,22). The van der Waals surface area contributed by atoms with E-state index in [9.17, 15) is 9.59 Å². The summed E-state index contributed by atoms with van der Waals surface area (Å²) in [6.07, 6.45) is 6.62. The average Bonchev–Trinajstić information content (AvgIpc) is 2.83. The fourth-order valence-electron chi connectivity index (χ4n) is 4.89. The maximum atomic E-state index is 13.2. The summed E-state index contributed by atoms with van der Waals surface area (Å²) in [5.74, 6) is 0.608. The number of carbonyl (C=O) groups is 1. The minimum Gasteiger partial charge on any atom is -0.384 e. The van der Waals surface area contributed by atoms with Crippen molar-refractivity contribution < 1.29 is 4.79 Å². The molecule has 0 radical (unpaired) electrons. The van der Waals surface area contributed by atoms with E-state index in [0.29, 0.717) is 28.4 Å². The Morgan fingerprint density at radius 3 is 2.65 bits per heavy atom. The molecular formula is C18H20N6O2. The average molecular weight is 352 g/mol. The van der Waals surface area contributed by atoms with E-state index in [2.05, 4.69) is 20.6 Å². The van der Waals surface area contributed by atoms with Crippen LogP contribution in [0.25, 0.3) is 0 Å². The van der Waals surface area contributed by atoms with Gasteiger partial charge in [0.05, 0.1) is 0 Å². The second kappa shape index (κ2) is 4.84. The number of nitrogens with two attached hydrogens (primary N) is 1. The zero-order valence-electron chi connectivity index (χ0n) is 14.5. The van der Waals surface area contributed by atoms with Crippen LogP contribution in [0.15, 0.2) is 23.3 Å². The van der Waals surface area contributed by atoms with Gasteiger partial charge in [-0.2, -0.15) is 0 Å². The number of anilines is 3. The highest BCUT2D eigenvalue weighted by atomic mass is 16.2. The molecule has 2 aromatic rings. The van der Waals surface area contributed by atoms with Crippen LogP contribution in [0.5, 0.6) is 0 Å². The molecule has 2 aromatic heterocycles. The second-order valence-corrected chi connectivity index (χ2v) is 7.88. The molecule has 0 atom stereocenters. The number of rotatable bonds is 2. The molecule has 0 unspecified atom stereocenters. The van der Waals surface area contributed by atoms with Crippen LogP contribution >= 0.6 is 0 Å².